The third-order valence-corrected chi connectivity index (χ3v) is 7.41. The Morgan fingerprint density at radius 1 is 0.949 bits per heavy atom. The molecule has 206 valence electrons. The lowest BCUT2D eigenvalue weighted by molar-refractivity contribution is -0.274. The minimum absolute atomic E-state index is 0.103. The third kappa shape index (κ3) is 6.87. The first-order valence-corrected chi connectivity index (χ1v) is 13.5. The number of halogens is 4. The van der Waals surface area contributed by atoms with Crippen molar-refractivity contribution in [3.63, 3.8) is 0 Å². The van der Waals surface area contributed by atoms with Crippen molar-refractivity contribution in [1.29, 1.82) is 0 Å². The number of rotatable bonds is 9. The Kier molecular flexibility index (Phi) is 8.35. The molecule has 1 aromatic heterocycles. The molecule has 1 aliphatic rings. The van der Waals surface area contributed by atoms with Gasteiger partial charge in [0.25, 0.3) is 0 Å². The van der Waals surface area contributed by atoms with Crippen molar-refractivity contribution >= 4 is 22.5 Å². The van der Waals surface area contributed by atoms with Crippen molar-refractivity contribution in [2.24, 2.45) is 5.73 Å². The van der Waals surface area contributed by atoms with E-state index in [1.54, 1.807) is 12.1 Å². The van der Waals surface area contributed by atoms with Gasteiger partial charge in [-0.1, -0.05) is 41.9 Å². The Morgan fingerprint density at radius 2 is 1.67 bits per heavy atom. The van der Waals surface area contributed by atoms with Gasteiger partial charge in [-0.2, -0.15) is 0 Å². The molecule has 0 amide bonds. The molecule has 9 heteroatoms. The van der Waals surface area contributed by atoms with Crippen LogP contribution in [0.15, 0.2) is 72.9 Å². The van der Waals surface area contributed by atoms with Gasteiger partial charge in [0.05, 0.1) is 0 Å². The van der Waals surface area contributed by atoms with Crippen LogP contribution in [-0.4, -0.2) is 41.6 Å². The summed E-state index contributed by atoms with van der Waals surface area (Å²) in [7, 11) is 0. The number of aromatic nitrogens is 1. The van der Waals surface area contributed by atoms with Crippen LogP contribution in [0.4, 0.5) is 13.2 Å². The summed E-state index contributed by atoms with van der Waals surface area (Å²) >= 11 is 6.34. The minimum atomic E-state index is -4.73. The van der Waals surface area contributed by atoms with Gasteiger partial charge in [-0.15, -0.1) is 13.2 Å². The molecule has 39 heavy (non-hydrogen) atoms. The molecule has 0 saturated carbocycles. The number of ether oxygens (including phenoxy) is 2. The molecular weight excluding hydrogens is 527 g/mol. The highest BCUT2D eigenvalue weighted by atomic mass is 35.5. The summed E-state index contributed by atoms with van der Waals surface area (Å²) in [5.74, 6) is 0.532. The van der Waals surface area contributed by atoms with E-state index in [-0.39, 0.29) is 11.9 Å². The van der Waals surface area contributed by atoms with Crippen molar-refractivity contribution in [1.82, 2.24) is 9.47 Å². The van der Waals surface area contributed by atoms with Gasteiger partial charge in [-0.25, -0.2) is 0 Å². The predicted octanol–water partition coefficient (Wildman–Crippen LogP) is 7.25. The fourth-order valence-electron chi connectivity index (χ4n) is 5.11. The van der Waals surface area contributed by atoms with Gasteiger partial charge in [-0.3, -0.25) is 4.90 Å². The Hall–Kier alpha value is -3.20. The minimum Gasteiger partial charge on any atom is -0.490 e. The molecular formula is C30H31ClF3N3O2. The monoisotopic (exact) mass is 557 g/mol. The normalized spacial score (nSPS) is 15.1. The van der Waals surface area contributed by atoms with Crippen LogP contribution in [0.3, 0.4) is 0 Å². The second-order valence-electron chi connectivity index (χ2n) is 9.81. The van der Waals surface area contributed by atoms with Crippen LogP contribution < -0.4 is 15.2 Å². The predicted molar refractivity (Wildman–Crippen MR) is 148 cm³/mol. The number of benzene rings is 3. The number of fused-ring (bicyclic) bond motifs is 1. The number of nitrogens with zero attached hydrogens (tertiary/aromatic N) is 2. The highest BCUT2D eigenvalue weighted by Gasteiger charge is 2.31. The lowest BCUT2D eigenvalue weighted by Gasteiger charge is -2.32. The summed E-state index contributed by atoms with van der Waals surface area (Å²) in [6.07, 6.45) is 0.0351. The van der Waals surface area contributed by atoms with Gasteiger partial charge in [0.2, 0.25) is 0 Å². The maximum atomic E-state index is 12.6. The number of alkyl halides is 3. The molecule has 4 aromatic rings. The van der Waals surface area contributed by atoms with E-state index in [0.29, 0.717) is 6.54 Å². The first-order valence-electron chi connectivity index (χ1n) is 13.1. The molecule has 0 atom stereocenters. The molecule has 0 aliphatic carbocycles. The van der Waals surface area contributed by atoms with E-state index >= 15 is 0 Å². The zero-order valence-corrected chi connectivity index (χ0v) is 22.2. The molecule has 0 spiro atoms. The van der Waals surface area contributed by atoms with Gasteiger partial charge >= 0.3 is 6.36 Å². The summed E-state index contributed by atoms with van der Waals surface area (Å²) in [5.41, 5.74) is 9.62. The molecule has 0 radical (unpaired) electrons. The van der Waals surface area contributed by atoms with Crippen molar-refractivity contribution in [2.45, 2.75) is 44.8 Å². The molecule has 1 fully saturated rings. The number of hydrogen-bond acceptors (Lipinski definition) is 4. The van der Waals surface area contributed by atoms with Gasteiger partial charge < -0.3 is 19.8 Å². The van der Waals surface area contributed by atoms with Crippen molar-refractivity contribution < 1.29 is 22.6 Å². The lowest BCUT2D eigenvalue weighted by Crippen LogP contribution is -2.37. The van der Waals surface area contributed by atoms with Gasteiger partial charge in [0, 0.05) is 53.9 Å². The molecule has 2 N–H and O–H groups in total. The first kappa shape index (κ1) is 27.4. The summed E-state index contributed by atoms with van der Waals surface area (Å²) in [4.78, 5) is 2.39. The number of nitrogens with two attached hydrogens (primary N) is 1. The van der Waals surface area contributed by atoms with Crippen LogP contribution in [0.1, 0.15) is 24.8 Å². The molecule has 2 heterocycles. The number of aryl methyl sites for hydroxylation is 1. The largest absolute Gasteiger partial charge is 0.573 e. The summed E-state index contributed by atoms with van der Waals surface area (Å²) in [6.45, 7) is 3.97. The lowest BCUT2D eigenvalue weighted by atomic mass is 10.0. The van der Waals surface area contributed by atoms with E-state index in [0.717, 1.165) is 83.8 Å². The van der Waals surface area contributed by atoms with E-state index in [1.165, 1.54) is 12.1 Å². The second-order valence-corrected chi connectivity index (χ2v) is 10.2. The van der Waals surface area contributed by atoms with Gasteiger partial charge in [-0.05, 0) is 73.3 Å². The van der Waals surface area contributed by atoms with Crippen LogP contribution in [0.5, 0.6) is 11.5 Å². The fraction of sp³-hybridized carbons (Fsp3) is 0.333. The standard InChI is InChI=1S/C30H31ClF3N3O2/c31-28-5-2-1-4-22(28)19-36-16-12-23(13-17-36)38-25-10-11-29-26(18-25)27(20-37(29)15-3-14-35)21-6-8-24(9-7-21)39-30(32,33)34/h1-2,4-11,18,20,23H,3,12-17,19,35H2. The highest BCUT2D eigenvalue weighted by Crippen LogP contribution is 2.35. The Labute approximate surface area is 230 Å². The maximum absolute atomic E-state index is 12.6. The van der Waals surface area contributed by atoms with Crippen LogP contribution in [-0.2, 0) is 13.1 Å². The van der Waals surface area contributed by atoms with Crippen molar-refractivity contribution in [2.75, 3.05) is 19.6 Å². The topological polar surface area (TPSA) is 52.6 Å². The molecule has 0 unspecified atom stereocenters. The van der Waals surface area contributed by atoms with E-state index in [4.69, 9.17) is 22.1 Å². The van der Waals surface area contributed by atoms with Crippen LogP contribution in [0, 0.1) is 0 Å². The molecule has 5 rings (SSSR count). The SMILES string of the molecule is NCCCn1cc(-c2ccc(OC(F)(F)F)cc2)c2cc(OC3CCN(Cc4ccccc4Cl)CC3)ccc21. The maximum Gasteiger partial charge on any atom is 0.573 e. The van der Waals surface area contributed by atoms with E-state index in [9.17, 15) is 13.2 Å². The third-order valence-electron chi connectivity index (χ3n) is 7.04. The fourth-order valence-corrected chi connectivity index (χ4v) is 5.30. The first-order chi connectivity index (χ1) is 18.8. The van der Waals surface area contributed by atoms with Crippen LogP contribution >= 0.6 is 11.6 Å². The van der Waals surface area contributed by atoms with Crippen LogP contribution in [0.25, 0.3) is 22.0 Å². The molecule has 5 nitrogen and oxygen atoms in total. The van der Waals surface area contributed by atoms with Gasteiger partial charge in [0.15, 0.2) is 0 Å². The average Bonchev–Trinajstić information content (AvgIpc) is 3.27. The summed E-state index contributed by atoms with van der Waals surface area (Å²) in [6, 6.07) is 20.0. The molecule has 3 aromatic carbocycles. The molecule has 1 saturated heterocycles. The molecule has 1 aliphatic heterocycles. The highest BCUT2D eigenvalue weighted by molar-refractivity contribution is 6.31. The Bertz CT molecular complexity index is 1400. The Balaban J connectivity index is 1.32. The zero-order chi connectivity index (χ0) is 27.4. The summed E-state index contributed by atoms with van der Waals surface area (Å²) < 4.78 is 50.4. The van der Waals surface area contributed by atoms with E-state index in [2.05, 4.69) is 20.3 Å². The van der Waals surface area contributed by atoms with E-state index < -0.39 is 6.36 Å². The molecule has 0 bridgehead atoms. The van der Waals surface area contributed by atoms with Gasteiger partial charge in [0.1, 0.15) is 17.6 Å². The van der Waals surface area contributed by atoms with Crippen LogP contribution in [0.2, 0.25) is 5.02 Å². The quantitative estimate of drug-likeness (QED) is 0.235. The summed E-state index contributed by atoms with van der Waals surface area (Å²) in [5, 5.41) is 1.77. The second kappa shape index (κ2) is 11.9. The van der Waals surface area contributed by atoms with E-state index in [1.807, 2.05) is 42.6 Å². The number of piperidine rings is 1. The number of likely N-dealkylation sites (tertiary alicyclic amines) is 1. The number of hydrogen-bond donors (Lipinski definition) is 1. The smallest absolute Gasteiger partial charge is 0.490 e. The zero-order valence-electron chi connectivity index (χ0n) is 21.5. The average molecular weight is 558 g/mol. The van der Waals surface area contributed by atoms with Crippen molar-refractivity contribution in [3.8, 4) is 22.6 Å². The Morgan fingerprint density at radius 3 is 2.36 bits per heavy atom. The van der Waals surface area contributed by atoms with Crippen molar-refractivity contribution in [3.05, 3.63) is 83.5 Å².